The average molecular weight is 344 g/mol. The minimum Gasteiger partial charge on any atom is -0.380 e. The van der Waals surface area contributed by atoms with Gasteiger partial charge in [0, 0.05) is 31.1 Å². The highest BCUT2D eigenvalue weighted by Gasteiger charge is 2.15. The van der Waals surface area contributed by atoms with E-state index in [1.54, 1.807) is 6.07 Å². The highest BCUT2D eigenvalue weighted by atomic mass is 32.1. The van der Waals surface area contributed by atoms with Crippen LogP contribution in [0.3, 0.4) is 0 Å². The van der Waals surface area contributed by atoms with Gasteiger partial charge >= 0.3 is 0 Å². The molecule has 24 heavy (non-hydrogen) atoms. The van der Waals surface area contributed by atoms with Crippen LogP contribution in [0.1, 0.15) is 36.4 Å². The minimum absolute atomic E-state index is 0.0305. The van der Waals surface area contributed by atoms with Crippen molar-refractivity contribution in [3.05, 3.63) is 52.7 Å². The first-order valence-corrected chi connectivity index (χ1v) is 9.09. The van der Waals surface area contributed by atoms with Crippen LogP contribution >= 0.6 is 11.3 Å². The number of hydrogen-bond donors (Lipinski definition) is 2. The van der Waals surface area contributed by atoms with Gasteiger partial charge in [0.25, 0.3) is 0 Å². The lowest BCUT2D eigenvalue weighted by Crippen LogP contribution is -2.39. The van der Waals surface area contributed by atoms with Crippen molar-refractivity contribution in [2.45, 2.75) is 32.7 Å². The molecule has 0 aliphatic heterocycles. The molecule has 1 atom stereocenters. The van der Waals surface area contributed by atoms with Crippen molar-refractivity contribution in [1.29, 1.82) is 0 Å². The maximum atomic E-state index is 12.0. The standard InChI is InChI=1S/C19H24N2O2S/c1-14(2)16(21-15-7-4-3-5-8-15)13-20-19(23)11-10-17(22)18-9-6-12-24-18/h3-9,12,14,16,21H,10-11,13H2,1-2H3,(H,20,23). The first kappa shape index (κ1) is 18.2. The zero-order chi connectivity index (χ0) is 17.4. The molecule has 0 fully saturated rings. The van der Waals surface area contributed by atoms with E-state index in [1.807, 2.05) is 41.8 Å². The Morgan fingerprint density at radius 1 is 1.04 bits per heavy atom. The lowest BCUT2D eigenvalue weighted by atomic mass is 10.0. The second-order valence-electron chi connectivity index (χ2n) is 6.07. The van der Waals surface area contributed by atoms with Crippen molar-refractivity contribution < 1.29 is 9.59 Å². The number of amides is 1. The third kappa shape index (κ3) is 5.81. The van der Waals surface area contributed by atoms with Gasteiger partial charge in [0.15, 0.2) is 5.78 Å². The van der Waals surface area contributed by atoms with E-state index in [0.29, 0.717) is 17.3 Å². The van der Waals surface area contributed by atoms with Gasteiger partial charge in [-0.05, 0) is 29.5 Å². The first-order chi connectivity index (χ1) is 11.6. The summed E-state index contributed by atoms with van der Waals surface area (Å²) in [6.07, 6.45) is 0.484. The Morgan fingerprint density at radius 2 is 1.79 bits per heavy atom. The van der Waals surface area contributed by atoms with Crippen molar-refractivity contribution in [2.75, 3.05) is 11.9 Å². The van der Waals surface area contributed by atoms with E-state index < -0.39 is 0 Å². The summed E-state index contributed by atoms with van der Waals surface area (Å²) in [7, 11) is 0. The van der Waals surface area contributed by atoms with Crippen LogP contribution in [-0.4, -0.2) is 24.3 Å². The summed E-state index contributed by atoms with van der Waals surface area (Å²) in [6, 6.07) is 13.7. The molecule has 0 radical (unpaired) electrons. The van der Waals surface area contributed by atoms with Crippen LogP contribution in [0.2, 0.25) is 0 Å². The molecule has 0 saturated carbocycles. The number of Topliss-reactive ketones (excluding diaryl/α,β-unsaturated/α-hetero) is 1. The third-order valence-corrected chi connectivity index (χ3v) is 4.74. The van der Waals surface area contributed by atoms with Crippen molar-refractivity contribution in [1.82, 2.24) is 5.32 Å². The Hall–Kier alpha value is -2.14. The predicted molar refractivity (Wildman–Crippen MR) is 99.6 cm³/mol. The van der Waals surface area contributed by atoms with Crippen LogP contribution in [0, 0.1) is 5.92 Å². The molecule has 1 amide bonds. The van der Waals surface area contributed by atoms with E-state index in [0.717, 1.165) is 5.69 Å². The highest BCUT2D eigenvalue weighted by molar-refractivity contribution is 7.12. The molecular weight excluding hydrogens is 320 g/mol. The molecular formula is C19H24N2O2S. The second-order valence-corrected chi connectivity index (χ2v) is 7.01. The van der Waals surface area contributed by atoms with Gasteiger partial charge in [-0.15, -0.1) is 11.3 Å². The molecule has 2 N–H and O–H groups in total. The molecule has 1 heterocycles. The van der Waals surface area contributed by atoms with Crippen molar-refractivity contribution in [3.63, 3.8) is 0 Å². The maximum absolute atomic E-state index is 12.0. The predicted octanol–water partition coefficient (Wildman–Crippen LogP) is 3.96. The molecule has 2 aromatic rings. The molecule has 0 spiro atoms. The molecule has 0 bridgehead atoms. The average Bonchev–Trinajstić information content (AvgIpc) is 3.11. The number of hydrogen-bond acceptors (Lipinski definition) is 4. The smallest absolute Gasteiger partial charge is 0.220 e. The lowest BCUT2D eigenvalue weighted by Gasteiger charge is -2.24. The number of para-hydroxylation sites is 1. The summed E-state index contributed by atoms with van der Waals surface area (Å²) in [5, 5.41) is 8.25. The van der Waals surface area contributed by atoms with E-state index >= 15 is 0 Å². The fourth-order valence-corrected chi connectivity index (χ4v) is 3.00. The summed E-state index contributed by atoms with van der Waals surface area (Å²) in [5.41, 5.74) is 1.04. The van der Waals surface area contributed by atoms with Crippen LogP contribution in [-0.2, 0) is 4.79 Å². The zero-order valence-electron chi connectivity index (χ0n) is 14.1. The van der Waals surface area contributed by atoms with Gasteiger partial charge in [0.1, 0.15) is 0 Å². The van der Waals surface area contributed by atoms with Crippen LogP contribution in [0.15, 0.2) is 47.8 Å². The molecule has 5 heteroatoms. The van der Waals surface area contributed by atoms with E-state index in [-0.39, 0.29) is 30.6 Å². The van der Waals surface area contributed by atoms with Gasteiger partial charge in [-0.25, -0.2) is 0 Å². The Balaban J connectivity index is 1.76. The number of benzene rings is 1. The summed E-state index contributed by atoms with van der Waals surface area (Å²) >= 11 is 1.41. The van der Waals surface area contributed by atoms with Crippen LogP contribution in [0.25, 0.3) is 0 Å². The SMILES string of the molecule is CC(C)C(CNC(=O)CCC(=O)c1cccs1)Nc1ccccc1. The summed E-state index contributed by atoms with van der Waals surface area (Å²) in [5.74, 6) is 0.321. The van der Waals surface area contributed by atoms with E-state index in [9.17, 15) is 9.59 Å². The quantitative estimate of drug-likeness (QED) is 0.677. The lowest BCUT2D eigenvalue weighted by molar-refractivity contribution is -0.121. The molecule has 4 nitrogen and oxygen atoms in total. The normalized spacial score (nSPS) is 12.0. The van der Waals surface area contributed by atoms with E-state index in [4.69, 9.17) is 0 Å². The summed E-state index contributed by atoms with van der Waals surface area (Å²) < 4.78 is 0. The fraction of sp³-hybridized carbons (Fsp3) is 0.368. The number of ketones is 1. The topological polar surface area (TPSA) is 58.2 Å². The first-order valence-electron chi connectivity index (χ1n) is 8.21. The van der Waals surface area contributed by atoms with E-state index in [1.165, 1.54) is 11.3 Å². The van der Waals surface area contributed by atoms with Crippen molar-refractivity contribution in [3.8, 4) is 0 Å². The Morgan fingerprint density at radius 3 is 2.42 bits per heavy atom. The Bertz CT molecular complexity index is 639. The monoisotopic (exact) mass is 344 g/mol. The minimum atomic E-state index is -0.0829. The number of anilines is 1. The number of thiophene rings is 1. The Kier molecular flexibility index (Phi) is 7.00. The van der Waals surface area contributed by atoms with Gasteiger partial charge in [0.2, 0.25) is 5.91 Å². The van der Waals surface area contributed by atoms with E-state index in [2.05, 4.69) is 24.5 Å². The summed E-state index contributed by atoms with van der Waals surface area (Å²) in [4.78, 5) is 24.6. The number of nitrogens with one attached hydrogen (secondary N) is 2. The number of carbonyl (C=O) groups excluding carboxylic acids is 2. The molecule has 1 aromatic carbocycles. The maximum Gasteiger partial charge on any atom is 0.220 e. The van der Waals surface area contributed by atoms with Gasteiger partial charge in [-0.2, -0.15) is 0 Å². The van der Waals surface area contributed by atoms with Gasteiger partial charge in [0.05, 0.1) is 4.88 Å². The van der Waals surface area contributed by atoms with Gasteiger partial charge in [-0.1, -0.05) is 38.1 Å². The van der Waals surface area contributed by atoms with Crippen molar-refractivity contribution >= 4 is 28.7 Å². The van der Waals surface area contributed by atoms with Crippen LogP contribution in [0.5, 0.6) is 0 Å². The Labute approximate surface area is 147 Å². The fourth-order valence-electron chi connectivity index (χ4n) is 2.30. The zero-order valence-corrected chi connectivity index (χ0v) is 14.9. The van der Waals surface area contributed by atoms with Crippen LogP contribution < -0.4 is 10.6 Å². The van der Waals surface area contributed by atoms with Gasteiger partial charge < -0.3 is 10.6 Å². The van der Waals surface area contributed by atoms with Crippen LogP contribution in [0.4, 0.5) is 5.69 Å². The molecule has 1 aromatic heterocycles. The van der Waals surface area contributed by atoms with Gasteiger partial charge in [-0.3, -0.25) is 9.59 Å². The molecule has 0 saturated heterocycles. The third-order valence-electron chi connectivity index (χ3n) is 3.82. The molecule has 0 aliphatic carbocycles. The molecule has 0 aliphatic rings. The number of carbonyl (C=O) groups is 2. The molecule has 128 valence electrons. The largest absolute Gasteiger partial charge is 0.380 e. The van der Waals surface area contributed by atoms with Crippen molar-refractivity contribution in [2.24, 2.45) is 5.92 Å². The molecule has 2 rings (SSSR count). The number of rotatable bonds is 9. The second kappa shape index (κ2) is 9.23. The summed E-state index contributed by atoms with van der Waals surface area (Å²) in [6.45, 7) is 4.78. The molecule has 1 unspecified atom stereocenters. The highest BCUT2D eigenvalue weighted by Crippen LogP contribution is 2.13.